The van der Waals surface area contributed by atoms with E-state index in [0.717, 1.165) is 19.3 Å². The van der Waals surface area contributed by atoms with Crippen molar-refractivity contribution < 1.29 is 8.42 Å². The van der Waals surface area contributed by atoms with Gasteiger partial charge in [-0.2, -0.15) is 13.1 Å². The number of nitrogens with one attached hydrogen (secondary N) is 1. The van der Waals surface area contributed by atoms with Gasteiger partial charge in [-0.1, -0.05) is 19.8 Å². The van der Waals surface area contributed by atoms with Crippen LogP contribution in [0.5, 0.6) is 0 Å². The van der Waals surface area contributed by atoms with Crippen molar-refractivity contribution in [1.82, 2.24) is 4.72 Å². The summed E-state index contributed by atoms with van der Waals surface area (Å²) in [7, 11) is -3.60. The van der Waals surface area contributed by atoms with E-state index in [9.17, 15) is 8.42 Å². The molecule has 0 aliphatic heterocycles. The highest BCUT2D eigenvalue weighted by molar-refractivity contribution is 7.87. The highest BCUT2D eigenvalue weighted by Crippen LogP contribution is 1.99. The lowest BCUT2D eigenvalue weighted by Gasteiger charge is -2.13. The number of unbranched alkanes of at least 4 members (excludes halogenated alkanes) is 1. The number of hydrogen-bond donors (Lipinski definition) is 3. The SMILES string of the molecule is CCCCC(CN)NS(N)(=O)=O. The van der Waals surface area contributed by atoms with Crippen molar-refractivity contribution >= 4 is 10.2 Å². The smallest absolute Gasteiger partial charge is 0.274 e. The molecule has 0 aromatic rings. The third kappa shape index (κ3) is 6.53. The van der Waals surface area contributed by atoms with Crippen LogP contribution in [0.4, 0.5) is 0 Å². The fraction of sp³-hybridized carbons (Fsp3) is 1.00. The lowest BCUT2D eigenvalue weighted by molar-refractivity contribution is 0.517. The highest BCUT2D eigenvalue weighted by atomic mass is 32.2. The molecule has 1 unspecified atom stereocenters. The van der Waals surface area contributed by atoms with E-state index in [1.54, 1.807) is 0 Å². The maximum Gasteiger partial charge on any atom is 0.274 e. The van der Waals surface area contributed by atoms with Gasteiger partial charge < -0.3 is 5.73 Å². The van der Waals surface area contributed by atoms with E-state index in [-0.39, 0.29) is 12.6 Å². The van der Waals surface area contributed by atoms with E-state index in [2.05, 4.69) is 4.72 Å². The second-order valence-corrected chi connectivity index (χ2v) is 4.06. The van der Waals surface area contributed by atoms with Gasteiger partial charge in [0, 0.05) is 12.6 Å². The third-order valence-corrected chi connectivity index (χ3v) is 2.18. The topological polar surface area (TPSA) is 98.2 Å². The van der Waals surface area contributed by atoms with Crippen LogP contribution in [0.1, 0.15) is 26.2 Å². The molecule has 0 saturated heterocycles. The molecule has 0 aromatic heterocycles. The Hall–Kier alpha value is -0.170. The summed E-state index contributed by atoms with van der Waals surface area (Å²) in [6.07, 6.45) is 2.70. The van der Waals surface area contributed by atoms with Crippen LogP contribution in [0.2, 0.25) is 0 Å². The van der Waals surface area contributed by atoms with Crippen LogP contribution in [0, 0.1) is 0 Å². The zero-order valence-corrected chi connectivity index (χ0v) is 8.10. The predicted octanol–water partition coefficient (Wildman–Crippen LogP) is -0.703. The van der Waals surface area contributed by atoms with Crippen molar-refractivity contribution in [2.45, 2.75) is 32.2 Å². The Kier molecular flexibility index (Phi) is 5.39. The Bertz CT molecular complexity index is 203. The minimum absolute atomic E-state index is 0.222. The second kappa shape index (κ2) is 5.47. The fourth-order valence-corrected chi connectivity index (χ4v) is 1.59. The van der Waals surface area contributed by atoms with Crippen molar-refractivity contribution in [3.8, 4) is 0 Å². The number of hydrogen-bond acceptors (Lipinski definition) is 3. The fourth-order valence-electron chi connectivity index (χ4n) is 0.908. The Balaban J connectivity index is 3.83. The van der Waals surface area contributed by atoms with Gasteiger partial charge >= 0.3 is 0 Å². The van der Waals surface area contributed by atoms with Crippen LogP contribution in [0.25, 0.3) is 0 Å². The van der Waals surface area contributed by atoms with Crippen LogP contribution in [0.15, 0.2) is 0 Å². The molecule has 0 spiro atoms. The zero-order chi connectivity index (χ0) is 9.61. The predicted molar refractivity (Wildman–Crippen MR) is 48.6 cm³/mol. The van der Waals surface area contributed by atoms with Gasteiger partial charge in [0.2, 0.25) is 0 Å². The van der Waals surface area contributed by atoms with Crippen molar-refractivity contribution in [3.63, 3.8) is 0 Å². The first-order valence-corrected chi connectivity index (χ1v) is 5.54. The molecular formula is C6H17N3O2S. The molecule has 5 N–H and O–H groups in total. The van der Waals surface area contributed by atoms with Crippen molar-refractivity contribution in [2.75, 3.05) is 6.54 Å². The summed E-state index contributed by atoms with van der Waals surface area (Å²) < 4.78 is 23.4. The van der Waals surface area contributed by atoms with Crippen LogP contribution >= 0.6 is 0 Å². The molecule has 5 nitrogen and oxygen atoms in total. The van der Waals surface area contributed by atoms with Gasteiger partial charge in [-0.15, -0.1) is 0 Å². The van der Waals surface area contributed by atoms with E-state index in [1.165, 1.54) is 0 Å². The normalized spacial score (nSPS) is 14.6. The molecule has 0 aromatic carbocycles. The lowest BCUT2D eigenvalue weighted by Crippen LogP contribution is -2.43. The quantitative estimate of drug-likeness (QED) is 0.522. The standard InChI is InChI=1S/C6H17N3O2S/c1-2-3-4-6(5-7)9-12(8,10)11/h6,9H,2-5,7H2,1H3,(H2,8,10,11). The summed E-state index contributed by atoms with van der Waals surface area (Å²) in [4.78, 5) is 0. The van der Waals surface area contributed by atoms with Gasteiger partial charge in [0.15, 0.2) is 0 Å². The monoisotopic (exact) mass is 195 g/mol. The second-order valence-electron chi connectivity index (χ2n) is 2.74. The molecule has 0 heterocycles. The average molecular weight is 195 g/mol. The third-order valence-electron chi connectivity index (χ3n) is 1.52. The van der Waals surface area contributed by atoms with E-state index in [0.29, 0.717) is 0 Å². The largest absolute Gasteiger partial charge is 0.329 e. The molecular weight excluding hydrogens is 178 g/mol. The maximum atomic E-state index is 10.6. The van der Waals surface area contributed by atoms with E-state index < -0.39 is 10.2 Å². The summed E-state index contributed by atoms with van der Waals surface area (Å²) in [6, 6.07) is -0.222. The van der Waals surface area contributed by atoms with Crippen molar-refractivity contribution in [3.05, 3.63) is 0 Å². The van der Waals surface area contributed by atoms with E-state index in [1.807, 2.05) is 6.92 Å². The summed E-state index contributed by atoms with van der Waals surface area (Å²) in [6.45, 7) is 2.32. The van der Waals surface area contributed by atoms with Crippen LogP contribution < -0.4 is 15.6 Å². The lowest BCUT2D eigenvalue weighted by atomic mass is 10.1. The van der Waals surface area contributed by atoms with Gasteiger partial charge in [-0.3, -0.25) is 0 Å². The molecule has 74 valence electrons. The Labute approximate surface area is 73.7 Å². The minimum Gasteiger partial charge on any atom is -0.329 e. The Morgan fingerprint density at radius 1 is 1.50 bits per heavy atom. The Morgan fingerprint density at radius 3 is 2.42 bits per heavy atom. The molecule has 0 aliphatic carbocycles. The zero-order valence-electron chi connectivity index (χ0n) is 7.29. The molecule has 0 saturated carbocycles. The molecule has 0 bridgehead atoms. The van der Waals surface area contributed by atoms with Gasteiger partial charge in [0.1, 0.15) is 0 Å². The summed E-state index contributed by atoms with van der Waals surface area (Å²) in [5.41, 5.74) is 5.34. The van der Waals surface area contributed by atoms with Gasteiger partial charge in [-0.05, 0) is 6.42 Å². The average Bonchev–Trinajstić information content (AvgIpc) is 1.95. The highest BCUT2D eigenvalue weighted by Gasteiger charge is 2.10. The van der Waals surface area contributed by atoms with Gasteiger partial charge in [0.05, 0.1) is 0 Å². The molecule has 0 aliphatic rings. The summed E-state index contributed by atoms with van der Waals surface area (Å²) in [5, 5.41) is 4.79. The van der Waals surface area contributed by atoms with E-state index in [4.69, 9.17) is 10.9 Å². The number of rotatable bonds is 6. The summed E-state index contributed by atoms with van der Waals surface area (Å²) in [5.74, 6) is 0. The van der Waals surface area contributed by atoms with Crippen LogP contribution in [-0.2, 0) is 10.2 Å². The molecule has 1 atom stereocenters. The molecule has 6 heteroatoms. The first kappa shape index (κ1) is 11.8. The molecule has 12 heavy (non-hydrogen) atoms. The number of nitrogens with two attached hydrogens (primary N) is 2. The molecule has 0 radical (unpaired) electrons. The molecule has 0 fully saturated rings. The maximum absolute atomic E-state index is 10.6. The Morgan fingerprint density at radius 2 is 2.08 bits per heavy atom. The molecule has 0 amide bonds. The van der Waals surface area contributed by atoms with Crippen molar-refractivity contribution in [1.29, 1.82) is 0 Å². The summed E-state index contributed by atoms with van der Waals surface area (Å²) >= 11 is 0. The minimum atomic E-state index is -3.60. The molecule has 0 rings (SSSR count). The van der Waals surface area contributed by atoms with Gasteiger partial charge in [0.25, 0.3) is 10.2 Å². The van der Waals surface area contributed by atoms with Gasteiger partial charge in [-0.25, -0.2) is 5.14 Å². The van der Waals surface area contributed by atoms with Crippen LogP contribution in [0.3, 0.4) is 0 Å². The van der Waals surface area contributed by atoms with Crippen molar-refractivity contribution in [2.24, 2.45) is 10.9 Å². The first-order chi connectivity index (χ1) is 5.49. The van der Waals surface area contributed by atoms with Crippen LogP contribution in [-0.4, -0.2) is 21.0 Å². The van der Waals surface area contributed by atoms with E-state index >= 15 is 0 Å². The first-order valence-electron chi connectivity index (χ1n) is 3.99.